The minimum atomic E-state index is -0.715. The number of carbonyl (C=O) groups is 1. The molecule has 1 aromatic carbocycles. The highest BCUT2D eigenvalue weighted by Gasteiger charge is 2.20. The highest BCUT2D eigenvalue weighted by atomic mass is 19.1. The quantitative estimate of drug-likeness (QED) is 0.900. The zero-order chi connectivity index (χ0) is 14.7. The molecular formula is C15H21FN2O2. The first-order chi connectivity index (χ1) is 9.49. The Hall–Kier alpha value is -1.62. The Morgan fingerprint density at radius 2 is 2.05 bits per heavy atom. The molecular weight excluding hydrogens is 259 g/mol. The Bertz CT molecular complexity index is 491. The van der Waals surface area contributed by atoms with E-state index in [1.807, 2.05) is 4.90 Å². The van der Waals surface area contributed by atoms with Gasteiger partial charge < -0.3 is 14.9 Å². The van der Waals surface area contributed by atoms with Crippen molar-refractivity contribution < 1.29 is 14.3 Å². The molecule has 1 aliphatic heterocycles. The van der Waals surface area contributed by atoms with Gasteiger partial charge in [-0.3, -0.25) is 4.79 Å². The van der Waals surface area contributed by atoms with Gasteiger partial charge in [0.1, 0.15) is 5.82 Å². The van der Waals surface area contributed by atoms with Gasteiger partial charge >= 0.3 is 0 Å². The van der Waals surface area contributed by atoms with Gasteiger partial charge in [-0.15, -0.1) is 0 Å². The largest absolute Gasteiger partial charge is 0.389 e. The van der Waals surface area contributed by atoms with Crippen molar-refractivity contribution >= 4 is 11.6 Å². The van der Waals surface area contributed by atoms with Crippen molar-refractivity contribution in [2.45, 2.75) is 26.4 Å². The van der Waals surface area contributed by atoms with Crippen LogP contribution < -0.4 is 4.90 Å². The van der Waals surface area contributed by atoms with E-state index in [4.69, 9.17) is 0 Å². The zero-order valence-corrected chi connectivity index (χ0v) is 12.0. The van der Waals surface area contributed by atoms with Crippen molar-refractivity contribution in [3.8, 4) is 0 Å². The molecule has 0 aromatic heterocycles. The van der Waals surface area contributed by atoms with Crippen LogP contribution in [-0.2, 0) is 4.79 Å². The molecule has 1 fully saturated rings. The highest BCUT2D eigenvalue weighted by molar-refractivity contribution is 5.73. The number of nitrogens with zero attached hydrogens (tertiary/aromatic N) is 2. The van der Waals surface area contributed by atoms with Crippen molar-refractivity contribution in [1.29, 1.82) is 0 Å². The van der Waals surface area contributed by atoms with Crippen LogP contribution in [0, 0.1) is 5.82 Å². The maximum atomic E-state index is 13.3. The zero-order valence-electron chi connectivity index (χ0n) is 12.0. The summed E-state index contributed by atoms with van der Waals surface area (Å²) in [5.41, 5.74) is 1.45. The summed E-state index contributed by atoms with van der Waals surface area (Å²) in [6.07, 6.45) is 0.156. The second kappa shape index (κ2) is 6.22. The Labute approximate surface area is 118 Å². The van der Waals surface area contributed by atoms with Crippen LogP contribution in [0.4, 0.5) is 10.1 Å². The summed E-state index contributed by atoms with van der Waals surface area (Å²) >= 11 is 0. The Morgan fingerprint density at radius 3 is 2.70 bits per heavy atom. The number of halogens is 1. The van der Waals surface area contributed by atoms with Crippen LogP contribution in [0.1, 0.15) is 31.9 Å². The van der Waals surface area contributed by atoms with E-state index in [0.717, 1.165) is 25.2 Å². The molecule has 1 atom stereocenters. The predicted octanol–water partition coefficient (Wildman–Crippen LogP) is 1.94. The molecule has 110 valence electrons. The fourth-order valence-electron chi connectivity index (χ4n) is 2.62. The molecule has 5 heteroatoms. The van der Waals surface area contributed by atoms with Crippen molar-refractivity contribution in [1.82, 2.24) is 4.90 Å². The van der Waals surface area contributed by atoms with Crippen molar-refractivity contribution in [2.75, 3.05) is 31.1 Å². The lowest BCUT2D eigenvalue weighted by atomic mass is 10.1. The monoisotopic (exact) mass is 280 g/mol. The first-order valence-corrected chi connectivity index (χ1v) is 6.97. The molecule has 1 amide bonds. The van der Waals surface area contributed by atoms with Crippen LogP contribution in [0.15, 0.2) is 18.2 Å². The maximum absolute atomic E-state index is 13.3. The van der Waals surface area contributed by atoms with E-state index in [2.05, 4.69) is 4.90 Å². The lowest BCUT2D eigenvalue weighted by Crippen LogP contribution is -2.34. The van der Waals surface area contributed by atoms with E-state index >= 15 is 0 Å². The molecule has 1 aromatic rings. The lowest BCUT2D eigenvalue weighted by molar-refractivity contribution is -0.128. The Kier molecular flexibility index (Phi) is 4.60. The fraction of sp³-hybridized carbons (Fsp3) is 0.533. The molecule has 0 bridgehead atoms. The molecule has 20 heavy (non-hydrogen) atoms. The number of aliphatic hydroxyl groups is 1. The van der Waals surface area contributed by atoms with Gasteiger partial charge in [0, 0.05) is 44.4 Å². The van der Waals surface area contributed by atoms with Gasteiger partial charge in [0.05, 0.1) is 6.10 Å². The molecule has 0 spiro atoms. The number of amides is 1. The highest BCUT2D eigenvalue weighted by Crippen LogP contribution is 2.28. The van der Waals surface area contributed by atoms with Gasteiger partial charge in [0.15, 0.2) is 0 Å². The summed E-state index contributed by atoms with van der Waals surface area (Å²) in [5, 5.41) is 9.81. The van der Waals surface area contributed by atoms with E-state index in [0.29, 0.717) is 18.7 Å². The summed E-state index contributed by atoms with van der Waals surface area (Å²) in [4.78, 5) is 15.4. The van der Waals surface area contributed by atoms with Gasteiger partial charge in [0.2, 0.25) is 5.91 Å². The van der Waals surface area contributed by atoms with Crippen LogP contribution in [0.25, 0.3) is 0 Å². The molecule has 1 saturated heterocycles. The van der Waals surface area contributed by atoms with Gasteiger partial charge in [-0.05, 0) is 31.5 Å². The number of aliphatic hydroxyl groups excluding tert-OH is 1. The molecule has 1 aliphatic rings. The Morgan fingerprint density at radius 1 is 1.30 bits per heavy atom. The van der Waals surface area contributed by atoms with E-state index in [9.17, 15) is 14.3 Å². The van der Waals surface area contributed by atoms with Crippen LogP contribution in [0.5, 0.6) is 0 Å². The number of anilines is 1. The summed E-state index contributed by atoms with van der Waals surface area (Å²) < 4.78 is 13.3. The summed E-state index contributed by atoms with van der Waals surface area (Å²) in [6.45, 7) is 6.12. The second-order valence-corrected chi connectivity index (χ2v) is 5.23. The summed E-state index contributed by atoms with van der Waals surface area (Å²) in [7, 11) is 0. The number of carbonyl (C=O) groups excluding carboxylic acids is 1. The minimum Gasteiger partial charge on any atom is -0.389 e. The predicted molar refractivity (Wildman–Crippen MR) is 76.1 cm³/mol. The maximum Gasteiger partial charge on any atom is 0.219 e. The number of hydrogen-bond acceptors (Lipinski definition) is 3. The number of benzene rings is 1. The second-order valence-electron chi connectivity index (χ2n) is 5.23. The standard InChI is InChI=1S/C15H21FN2O2/c1-11(19)14-10-13(16)4-5-15(14)18-7-3-6-17(8-9-18)12(2)20/h4-5,10-11,19H,3,6-9H2,1-2H3/t11-/m1/s1. The first-order valence-electron chi connectivity index (χ1n) is 6.97. The average Bonchev–Trinajstić information content (AvgIpc) is 2.64. The number of rotatable bonds is 2. The lowest BCUT2D eigenvalue weighted by Gasteiger charge is -2.26. The summed E-state index contributed by atoms with van der Waals surface area (Å²) in [5.74, 6) is -0.258. The van der Waals surface area contributed by atoms with Gasteiger partial charge in [-0.25, -0.2) is 4.39 Å². The SMILES string of the molecule is CC(=O)N1CCCN(c2ccc(F)cc2[C@@H](C)O)CC1. The van der Waals surface area contributed by atoms with Crippen molar-refractivity contribution in [3.63, 3.8) is 0 Å². The van der Waals surface area contributed by atoms with Crippen molar-refractivity contribution in [2.24, 2.45) is 0 Å². The topological polar surface area (TPSA) is 43.8 Å². The van der Waals surface area contributed by atoms with Crippen molar-refractivity contribution in [3.05, 3.63) is 29.6 Å². The van der Waals surface area contributed by atoms with E-state index < -0.39 is 6.10 Å². The van der Waals surface area contributed by atoms with E-state index in [1.165, 1.54) is 12.1 Å². The van der Waals surface area contributed by atoms with E-state index in [-0.39, 0.29) is 11.7 Å². The van der Waals surface area contributed by atoms with E-state index in [1.54, 1.807) is 19.9 Å². The van der Waals surface area contributed by atoms with Gasteiger partial charge in [-0.2, -0.15) is 0 Å². The molecule has 0 unspecified atom stereocenters. The molecule has 0 radical (unpaired) electrons. The third kappa shape index (κ3) is 3.28. The molecule has 1 heterocycles. The molecule has 0 aliphatic carbocycles. The van der Waals surface area contributed by atoms with Crippen LogP contribution >= 0.6 is 0 Å². The molecule has 2 rings (SSSR count). The molecule has 1 N–H and O–H groups in total. The Balaban J connectivity index is 2.21. The smallest absolute Gasteiger partial charge is 0.219 e. The first kappa shape index (κ1) is 14.8. The fourth-order valence-corrected chi connectivity index (χ4v) is 2.62. The minimum absolute atomic E-state index is 0.0849. The van der Waals surface area contributed by atoms with Crippen LogP contribution in [-0.4, -0.2) is 42.1 Å². The van der Waals surface area contributed by atoms with Crippen LogP contribution in [0.3, 0.4) is 0 Å². The summed E-state index contributed by atoms with van der Waals surface area (Å²) in [6, 6.07) is 4.50. The normalized spacial score (nSPS) is 17.8. The third-order valence-electron chi connectivity index (χ3n) is 3.72. The van der Waals surface area contributed by atoms with Gasteiger partial charge in [0.25, 0.3) is 0 Å². The molecule has 0 saturated carbocycles. The third-order valence-corrected chi connectivity index (χ3v) is 3.72. The van der Waals surface area contributed by atoms with Gasteiger partial charge in [-0.1, -0.05) is 0 Å². The molecule has 4 nitrogen and oxygen atoms in total. The number of hydrogen-bond donors (Lipinski definition) is 1. The van der Waals surface area contributed by atoms with Crippen LogP contribution in [0.2, 0.25) is 0 Å². The average molecular weight is 280 g/mol.